The van der Waals surface area contributed by atoms with E-state index >= 15 is 0 Å². The maximum Gasteiger partial charge on any atom is 0.0844 e. The molecule has 0 aromatic rings. The van der Waals surface area contributed by atoms with Gasteiger partial charge >= 0.3 is 0 Å². The topological polar surface area (TPSA) is 12.5 Å². The van der Waals surface area contributed by atoms with Crippen LogP contribution in [0.5, 0.6) is 0 Å². The third kappa shape index (κ3) is 6.22. The Morgan fingerprint density at radius 2 is 1.64 bits per heavy atom. The zero-order valence-electron chi connectivity index (χ0n) is 15.7. The minimum Gasteiger partial charge on any atom is -0.370 e. The van der Waals surface area contributed by atoms with Gasteiger partial charge in [-0.1, -0.05) is 72.6 Å². The van der Waals surface area contributed by atoms with Gasteiger partial charge in [-0.15, -0.1) is 0 Å². The van der Waals surface area contributed by atoms with E-state index < -0.39 is 0 Å². The van der Waals surface area contributed by atoms with Gasteiger partial charge in [-0.05, 0) is 49.4 Å². The van der Waals surface area contributed by atoms with Gasteiger partial charge < -0.3 is 4.74 Å². The highest BCUT2D eigenvalue weighted by atomic mass is 16.6. The van der Waals surface area contributed by atoms with Gasteiger partial charge in [0.15, 0.2) is 0 Å². The Bertz CT molecular complexity index is 304. The zero-order chi connectivity index (χ0) is 16.0. The van der Waals surface area contributed by atoms with E-state index in [9.17, 15) is 0 Å². The van der Waals surface area contributed by atoms with E-state index in [2.05, 4.69) is 27.7 Å². The summed E-state index contributed by atoms with van der Waals surface area (Å²) in [6.45, 7) is 9.66. The zero-order valence-corrected chi connectivity index (χ0v) is 15.7. The monoisotopic (exact) mass is 308 g/mol. The van der Waals surface area contributed by atoms with Crippen LogP contribution in [0, 0.1) is 17.3 Å². The Kier molecular flexibility index (Phi) is 7.25. The van der Waals surface area contributed by atoms with Crippen molar-refractivity contribution in [3.05, 3.63) is 0 Å². The van der Waals surface area contributed by atoms with Crippen LogP contribution in [0.25, 0.3) is 0 Å². The van der Waals surface area contributed by atoms with Crippen molar-refractivity contribution >= 4 is 0 Å². The van der Waals surface area contributed by atoms with E-state index in [1.807, 2.05) is 0 Å². The molecule has 1 aliphatic heterocycles. The van der Waals surface area contributed by atoms with Crippen LogP contribution in [0.4, 0.5) is 0 Å². The lowest BCUT2D eigenvalue weighted by atomic mass is 9.73. The maximum absolute atomic E-state index is 5.69. The van der Waals surface area contributed by atoms with Crippen LogP contribution in [0.2, 0.25) is 0 Å². The molecule has 0 aromatic heterocycles. The Labute approximate surface area is 139 Å². The van der Waals surface area contributed by atoms with Gasteiger partial charge in [-0.2, -0.15) is 0 Å². The molecule has 1 nitrogen and oxygen atoms in total. The SMILES string of the molecule is CCCCCCCCC(CCC1CCC2OC2C1)C(C)(C)C. The maximum atomic E-state index is 5.69. The fourth-order valence-electron chi connectivity index (χ4n) is 4.37. The van der Waals surface area contributed by atoms with E-state index in [-0.39, 0.29) is 0 Å². The first-order chi connectivity index (χ1) is 10.5. The summed E-state index contributed by atoms with van der Waals surface area (Å²) in [5.41, 5.74) is 0.483. The molecule has 1 heterocycles. The number of epoxide rings is 1. The predicted octanol–water partition coefficient (Wildman–Crippen LogP) is 6.75. The second kappa shape index (κ2) is 8.71. The van der Waals surface area contributed by atoms with E-state index in [4.69, 9.17) is 4.74 Å². The van der Waals surface area contributed by atoms with Crippen LogP contribution >= 0.6 is 0 Å². The lowest BCUT2D eigenvalue weighted by Gasteiger charge is -2.32. The molecular weight excluding hydrogens is 268 g/mol. The Balaban J connectivity index is 1.63. The third-order valence-electron chi connectivity index (χ3n) is 6.17. The summed E-state index contributed by atoms with van der Waals surface area (Å²) in [5.74, 6) is 1.87. The average Bonchev–Trinajstić information content (AvgIpc) is 3.22. The molecule has 2 aliphatic rings. The molecule has 22 heavy (non-hydrogen) atoms. The fraction of sp³-hybridized carbons (Fsp3) is 1.00. The Morgan fingerprint density at radius 1 is 0.909 bits per heavy atom. The molecule has 1 saturated carbocycles. The van der Waals surface area contributed by atoms with Crippen LogP contribution in [-0.2, 0) is 4.74 Å². The molecule has 0 N–H and O–H groups in total. The second-order valence-electron chi connectivity index (χ2n) is 9.09. The summed E-state index contributed by atoms with van der Waals surface area (Å²) in [6.07, 6.45) is 18.4. The molecule has 1 saturated heterocycles. The summed E-state index contributed by atoms with van der Waals surface area (Å²) in [5, 5.41) is 0. The molecule has 2 rings (SSSR count). The first-order valence-electron chi connectivity index (χ1n) is 10.2. The number of hydrogen-bond acceptors (Lipinski definition) is 1. The van der Waals surface area contributed by atoms with Gasteiger partial charge in [-0.25, -0.2) is 0 Å². The summed E-state index contributed by atoms with van der Waals surface area (Å²) in [6, 6.07) is 0. The first kappa shape index (κ1) is 18.3. The molecule has 0 aromatic carbocycles. The van der Waals surface area contributed by atoms with E-state index in [0.717, 1.165) is 11.8 Å². The van der Waals surface area contributed by atoms with Crippen molar-refractivity contribution in [3.8, 4) is 0 Å². The summed E-state index contributed by atoms with van der Waals surface area (Å²) < 4.78 is 5.69. The highest BCUT2D eigenvalue weighted by Gasteiger charge is 2.43. The third-order valence-corrected chi connectivity index (χ3v) is 6.17. The van der Waals surface area contributed by atoms with Crippen LogP contribution in [0.15, 0.2) is 0 Å². The molecule has 2 fully saturated rings. The molecule has 4 atom stereocenters. The Hall–Kier alpha value is -0.0400. The van der Waals surface area contributed by atoms with Crippen LogP contribution in [0.1, 0.15) is 105 Å². The molecule has 1 aliphatic carbocycles. The van der Waals surface area contributed by atoms with Crippen molar-refractivity contribution in [1.29, 1.82) is 0 Å². The van der Waals surface area contributed by atoms with Crippen molar-refractivity contribution in [3.63, 3.8) is 0 Å². The lowest BCUT2D eigenvalue weighted by Crippen LogP contribution is -2.22. The second-order valence-corrected chi connectivity index (χ2v) is 9.09. The van der Waals surface area contributed by atoms with Gasteiger partial charge in [0, 0.05) is 0 Å². The molecular formula is C21H40O. The highest BCUT2D eigenvalue weighted by Crippen LogP contribution is 2.43. The van der Waals surface area contributed by atoms with Crippen molar-refractivity contribution in [2.45, 2.75) is 117 Å². The molecule has 0 spiro atoms. The van der Waals surface area contributed by atoms with Crippen molar-refractivity contribution in [1.82, 2.24) is 0 Å². The average molecular weight is 309 g/mol. The first-order valence-corrected chi connectivity index (χ1v) is 10.2. The predicted molar refractivity (Wildman–Crippen MR) is 96.2 cm³/mol. The molecule has 0 radical (unpaired) electrons. The summed E-state index contributed by atoms with van der Waals surface area (Å²) in [4.78, 5) is 0. The normalized spacial score (nSPS) is 29.2. The number of ether oxygens (including phenoxy) is 1. The molecule has 130 valence electrons. The minimum absolute atomic E-state index is 0.483. The van der Waals surface area contributed by atoms with E-state index in [1.165, 1.54) is 77.0 Å². The number of rotatable bonds is 10. The van der Waals surface area contributed by atoms with Crippen LogP contribution in [0.3, 0.4) is 0 Å². The van der Waals surface area contributed by atoms with Crippen molar-refractivity contribution in [2.24, 2.45) is 17.3 Å². The van der Waals surface area contributed by atoms with Gasteiger partial charge in [0.25, 0.3) is 0 Å². The molecule has 0 bridgehead atoms. The largest absolute Gasteiger partial charge is 0.370 e. The van der Waals surface area contributed by atoms with Gasteiger partial charge in [0.2, 0.25) is 0 Å². The summed E-state index contributed by atoms with van der Waals surface area (Å²) >= 11 is 0. The molecule has 4 unspecified atom stereocenters. The number of fused-ring (bicyclic) bond motifs is 1. The number of unbranched alkanes of at least 4 members (excludes halogenated alkanes) is 5. The lowest BCUT2D eigenvalue weighted by molar-refractivity contribution is 0.186. The van der Waals surface area contributed by atoms with Gasteiger partial charge in [0.1, 0.15) is 0 Å². The quantitative estimate of drug-likeness (QED) is 0.321. The molecule has 1 heteroatoms. The van der Waals surface area contributed by atoms with Crippen LogP contribution < -0.4 is 0 Å². The van der Waals surface area contributed by atoms with Crippen LogP contribution in [-0.4, -0.2) is 12.2 Å². The van der Waals surface area contributed by atoms with Gasteiger partial charge in [-0.3, -0.25) is 0 Å². The molecule has 0 amide bonds. The van der Waals surface area contributed by atoms with Gasteiger partial charge in [0.05, 0.1) is 12.2 Å². The van der Waals surface area contributed by atoms with E-state index in [0.29, 0.717) is 17.6 Å². The standard InChI is InChI=1S/C21H40O/c1-5-6-7-8-9-10-11-18(21(2,3)4)14-12-17-13-15-19-20(16-17)22-19/h17-20H,5-16H2,1-4H3. The number of hydrogen-bond donors (Lipinski definition) is 0. The minimum atomic E-state index is 0.483. The van der Waals surface area contributed by atoms with E-state index in [1.54, 1.807) is 0 Å². The van der Waals surface area contributed by atoms with Crippen molar-refractivity contribution in [2.75, 3.05) is 0 Å². The highest BCUT2D eigenvalue weighted by molar-refractivity contribution is 4.92. The summed E-state index contributed by atoms with van der Waals surface area (Å²) in [7, 11) is 0. The Morgan fingerprint density at radius 3 is 2.32 bits per heavy atom. The van der Waals surface area contributed by atoms with Crippen molar-refractivity contribution < 1.29 is 4.74 Å². The fourth-order valence-corrected chi connectivity index (χ4v) is 4.37. The smallest absolute Gasteiger partial charge is 0.0844 e.